The molecule has 3 aromatic carbocycles. The largest absolute Gasteiger partial charge is 0.458 e. The van der Waals surface area contributed by atoms with Crippen molar-refractivity contribution in [3.63, 3.8) is 0 Å². The van der Waals surface area contributed by atoms with Crippen molar-refractivity contribution in [3.05, 3.63) is 94.1 Å². The van der Waals surface area contributed by atoms with Gasteiger partial charge in [0.05, 0.1) is 5.56 Å². The van der Waals surface area contributed by atoms with E-state index in [0.717, 1.165) is 36.5 Å². The molecule has 33 heavy (non-hydrogen) atoms. The standard InChI is InChI=1S/C26H19F7/c1-2-3-16-5-9-20(23(28)12-16)19-8-7-18(22(27)15-19)6-4-17-13-24(29)21(25(30)14-17)10-11-26(31,32)33/h5,7-9,12-15H,2-4,6H2,1H3. The number of rotatable bonds is 6. The van der Waals surface area contributed by atoms with Gasteiger partial charge < -0.3 is 0 Å². The van der Waals surface area contributed by atoms with Gasteiger partial charge in [-0.05, 0) is 65.8 Å². The van der Waals surface area contributed by atoms with Gasteiger partial charge in [-0.2, -0.15) is 13.2 Å². The predicted molar refractivity (Wildman–Crippen MR) is 112 cm³/mol. The first-order valence-corrected chi connectivity index (χ1v) is 10.2. The third-order valence-corrected chi connectivity index (χ3v) is 5.05. The maximum atomic E-state index is 14.6. The Morgan fingerprint density at radius 2 is 1.36 bits per heavy atom. The van der Waals surface area contributed by atoms with Crippen molar-refractivity contribution in [2.45, 2.75) is 38.8 Å². The molecule has 0 nitrogen and oxygen atoms in total. The Hall–Kier alpha value is -3.27. The molecular formula is C26H19F7. The lowest BCUT2D eigenvalue weighted by Gasteiger charge is -2.10. The predicted octanol–water partition coefficient (Wildman–Crippen LogP) is 7.56. The Labute approximate surface area is 187 Å². The van der Waals surface area contributed by atoms with E-state index in [1.54, 1.807) is 18.2 Å². The summed E-state index contributed by atoms with van der Waals surface area (Å²) in [4.78, 5) is 0. The quantitative estimate of drug-likeness (QED) is 0.261. The molecule has 172 valence electrons. The van der Waals surface area contributed by atoms with Crippen LogP contribution in [0.1, 0.15) is 35.6 Å². The molecule has 7 heteroatoms. The van der Waals surface area contributed by atoms with Crippen molar-refractivity contribution < 1.29 is 30.7 Å². The summed E-state index contributed by atoms with van der Waals surface area (Å²) in [5, 5.41) is 0. The lowest BCUT2D eigenvalue weighted by Crippen LogP contribution is -2.03. The molecule has 0 amide bonds. The summed E-state index contributed by atoms with van der Waals surface area (Å²) >= 11 is 0. The van der Waals surface area contributed by atoms with Crippen LogP contribution in [0, 0.1) is 35.1 Å². The van der Waals surface area contributed by atoms with E-state index in [1.165, 1.54) is 24.1 Å². The first-order valence-electron chi connectivity index (χ1n) is 10.2. The minimum absolute atomic E-state index is 0.0389. The van der Waals surface area contributed by atoms with E-state index in [1.807, 2.05) is 6.92 Å². The highest BCUT2D eigenvalue weighted by Gasteiger charge is 2.23. The van der Waals surface area contributed by atoms with E-state index in [4.69, 9.17) is 0 Å². The molecule has 3 rings (SSSR count). The minimum atomic E-state index is -4.87. The molecule has 0 aliphatic heterocycles. The average Bonchev–Trinajstić information content (AvgIpc) is 2.72. The number of alkyl halides is 3. The second kappa shape index (κ2) is 10.1. The van der Waals surface area contributed by atoms with E-state index < -0.39 is 35.0 Å². The molecule has 0 bridgehead atoms. The van der Waals surface area contributed by atoms with Crippen LogP contribution in [0.3, 0.4) is 0 Å². The molecule has 0 N–H and O–H groups in total. The summed E-state index contributed by atoms with van der Waals surface area (Å²) in [6.07, 6.45) is -3.14. The first-order chi connectivity index (χ1) is 15.6. The molecule has 0 unspecified atom stereocenters. The van der Waals surface area contributed by atoms with E-state index in [0.29, 0.717) is 5.56 Å². The molecule has 0 aliphatic carbocycles. The Morgan fingerprint density at radius 1 is 0.697 bits per heavy atom. The highest BCUT2D eigenvalue weighted by atomic mass is 19.4. The topological polar surface area (TPSA) is 0 Å². The lowest BCUT2D eigenvalue weighted by molar-refractivity contribution is -0.0696. The molecule has 0 fully saturated rings. The van der Waals surface area contributed by atoms with Crippen molar-refractivity contribution in [3.8, 4) is 23.0 Å². The number of halogens is 7. The lowest BCUT2D eigenvalue weighted by atomic mass is 9.97. The summed E-state index contributed by atoms with van der Waals surface area (Å²) in [6, 6.07) is 10.8. The van der Waals surface area contributed by atoms with Gasteiger partial charge in [0.1, 0.15) is 23.3 Å². The zero-order valence-electron chi connectivity index (χ0n) is 17.6. The summed E-state index contributed by atoms with van der Waals surface area (Å²) < 4.78 is 93.6. The third kappa shape index (κ3) is 6.38. The zero-order valence-corrected chi connectivity index (χ0v) is 17.6. The van der Waals surface area contributed by atoms with Gasteiger partial charge >= 0.3 is 6.18 Å². The van der Waals surface area contributed by atoms with Crippen LogP contribution in [0.2, 0.25) is 0 Å². The van der Waals surface area contributed by atoms with E-state index in [-0.39, 0.29) is 29.5 Å². The summed E-state index contributed by atoms with van der Waals surface area (Å²) in [7, 11) is 0. The van der Waals surface area contributed by atoms with Crippen LogP contribution in [0.5, 0.6) is 0 Å². The molecule has 0 saturated heterocycles. The molecule has 0 radical (unpaired) electrons. The van der Waals surface area contributed by atoms with Crippen LogP contribution >= 0.6 is 0 Å². The third-order valence-electron chi connectivity index (χ3n) is 5.05. The van der Waals surface area contributed by atoms with Gasteiger partial charge in [0.25, 0.3) is 0 Å². The molecule has 0 atom stereocenters. The van der Waals surface area contributed by atoms with Crippen molar-refractivity contribution in [1.82, 2.24) is 0 Å². The monoisotopic (exact) mass is 464 g/mol. The van der Waals surface area contributed by atoms with E-state index in [2.05, 4.69) is 0 Å². The van der Waals surface area contributed by atoms with Crippen LogP contribution in [0.4, 0.5) is 30.7 Å². The fraction of sp³-hybridized carbons (Fsp3) is 0.231. The highest BCUT2D eigenvalue weighted by Crippen LogP contribution is 2.27. The summed E-state index contributed by atoms with van der Waals surface area (Å²) in [5.74, 6) is -1.21. The summed E-state index contributed by atoms with van der Waals surface area (Å²) in [6.45, 7) is 1.99. The Balaban J connectivity index is 1.76. The fourth-order valence-corrected chi connectivity index (χ4v) is 3.46. The van der Waals surface area contributed by atoms with Gasteiger partial charge in [-0.25, -0.2) is 17.6 Å². The Kier molecular flexibility index (Phi) is 7.47. The number of aryl methyl sites for hydroxylation is 3. The smallest absolute Gasteiger partial charge is 0.207 e. The molecule has 3 aromatic rings. The van der Waals surface area contributed by atoms with Crippen molar-refractivity contribution in [2.75, 3.05) is 0 Å². The van der Waals surface area contributed by atoms with Gasteiger partial charge in [0.2, 0.25) is 0 Å². The summed E-state index contributed by atoms with van der Waals surface area (Å²) in [5.41, 5.74) is 0.901. The van der Waals surface area contributed by atoms with Crippen LogP contribution in [-0.2, 0) is 19.3 Å². The number of hydrogen-bond donors (Lipinski definition) is 0. The SMILES string of the molecule is CCCc1ccc(-c2ccc(CCc3cc(F)c(C#CC(F)(F)F)c(F)c3)c(F)c2)c(F)c1. The second-order valence-corrected chi connectivity index (χ2v) is 7.55. The van der Waals surface area contributed by atoms with Crippen LogP contribution in [0.15, 0.2) is 48.5 Å². The zero-order chi connectivity index (χ0) is 24.2. The number of hydrogen-bond acceptors (Lipinski definition) is 0. The van der Waals surface area contributed by atoms with Crippen molar-refractivity contribution in [2.24, 2.45) is 0 Å². The Bertz CT molecular complexity index is 1190. The van der Waals surface area contributed by atoms with Gasteiger partial charge in [0.15, 0.2) is 0 Å². The fourth-order valence-electron chi connectivity index (χ4n) is 3.46. The van der Waals surface area contributed by atoms with Crippen molar-refractivity contribution in [1.29, 1.82) is 0 Å². The van der Waals surface area contributed by atoms with Crippen molar-refractivity contribution >= 4 is 0 Å². The maximum Gasteiger partial charge on any atom is 0.458 e. The van der Waals surface area contributed by atoms with Crippen LogP contribution < -0.4 is 0 Å². The van der Waals surface area contributed by atoms with Gasteiger partial charge in [-0.1, -0.05) is 43.5 Å². The van der Waals surface area contributed by atoms with E-state index in [9.17, 15) is 30.7 Å². The van der Waals surface area contributed by atoms with Crippen LogP contribution in [0.25, 0.3) is 11.1 Å². The highest BCUT2D eigenvalue weighted by molar-refractivity contribution is 5.65. The van der Waals surface area contributed by atoms with Gasteiger partial charge in [-0.15, -0.1) is 0 Å². The molecule has 0 aliphatic rings. The van der Waals surface area contributed by atoms with E-state index >= 15 is 0 Å². The molecule has 0 saturated carbocycles. The molecule has 0 spiro atoms. The number of benzene rings is 3. The molecule has 0 aromatic heterocycles. The molecular weight excluding hydrogens is 445 g/mol. The minimum Gasteiger partial charge on any atom is -0.207 e. The Morgan fingerprint density at radius 3 is 1.94 bits per heavy atom. The van der Waals surface area contributed by atoms with Gasteiger partial charge in [0, 0.05) is 11.5 Å². The van der Waals surface area contributed by atoms with Crippen LogP contribution in [-0.4, -0.2) is 6.18 Å². The normalized spacial score (nSPS) is 11.3. The average molecular weight is 464 g/mol. The van der Waals surface area contributed by atoms with Gasteiger partial charge in [-0.3, -0.25) is 0 Å². The maximum absolute atomic E-state index is 14.6. The molecule has 0 heterocycles. The second-order valence-electron chi connectivity index (χ2n) is 7.55. The first kappa shape index (κ1) is 24.4.